The number of carbonyl (C=O) groups is 2. The highest BCUT2D eigenvalue weighted by molar-refractivity contribution is 5.81. The van der Waals surface area contributed by atoms with Crippen LogP contribution in [0.15, 0.2) is 12.2 Å². The van der Waals surface area contributed by atoms with Crippen molar-refractivity contribution in [3.05, 3.63) is 12.2 Å². The van der Waals surface area contributed by atoms with Crippen molar-refractivity contribution in [3.8, 4) is 0 Å². The predicted molar refractivity (Wildman–Crippen MR) is 56.2 cm³/mol. The van der Waals surface area contributed by atoms with Crippen molar-refractivity contribution in [3.63, 3.8) is 0 Å². The van der Waals surface area contributed by atoms with Crippen molar-refractivity contribution >= 4 is 11.9 Å². The van der Waals surface area contributed by atoms with Gasteiger partial charge in [-0.25, -0.2) is 4.79 Å². The molecule has 0 aromatic rings. The topological polar surface area (TPSA) is 52.6 Å². The fraction of sp³-hybridized carbons (Fsp3) is 0.636. The molecule has 0 atom stereocenters. The number of hydrogen-bond acceptors (Lipinski definition) is 4. The first-order valence-electron chi connectivity index (χ1n) is 4.72. The maximum Gasteiger partial charge on any atom is 0.330 e. The largest absolute Gasteiger partial charge is 0.469 e. The molecule has 0 aliphatic heterocycles. The van der Waals surface area contributed by atoms with E-state index >= 15 is 0 Å². The minimum atomic E-state index is -0.385. The average molecular weight is 214 g/mol. The van der Waals surface area contributed by atoms with Gasteiger partial charge in [-0.2, -0.15) is 0 Å². The van der Waals surface area contributed by atoms with Crippen LogP contribution >= 0.6 is 0 Å². The van der Waals surface area contributed by atoms with Crippen LogP contribution in [0.2, 0.25) is 0 Å². The number of carbonyl (C=O) groups excluding carboxylic acids is 2. The van der Waals surface area contributed by atoms with Crippen LogP contribution in [-0.4, -0.2) is 26.2 Å². The average Bonchev–Trinajstić information content (AvgIpc) is 2.16. The van der Waals surface area contributed by atoms with Crippen LogP contribution in [0.5, 0.6) is 0 Å². The molecule has 0 aromatic carbocycles. The molecule has 0 bridgehead atoms. The summed E-state index contributed by atoms with van der Waals surface area (Å²) in [5, 5.41) is 0. The van der Waals surface area contributed by atoms with Crippen molar-refractivity contribution in [1.82, 2.24) is 0 Å². The third-order valence-corrected chi connectivity index (χ3v) is 1.98. The summed E-state index contributed by atoms with van der Waals surface area (Å²) in [4.78, 5) is 21.8. The minimum absolute atomic E-state index is 0.211. The lowest BCUT2D eigenvalue weighted by molar-refractivity contribution is -0.142. The zero-order chi connectivity index (χ0) is 11.9. The van der Waals surface area contributed by atoms with Crippen LogP contribution in [0.3, 0.4) is 0 Å². The summed E-state index contributed by atoms with van der Waals surface area (Å²) in [6, 6.07) is 0. The number of rotatable bonds is 5. The number of ether oxygens (including phenoxy) is 2. The zero-order valence-electron chi connectivity index (χ0n) is 9.70. The number of allylic oxidation sites excluding steroid dienone is 1. The SMILES string of the molecule is COC(=O)/C=C\CC(C)(C)CC(=O)OC. The van der Waals surface area contributed by atoms with Gasteiger partial charge in [0, 0.05) is 6.08 Å². The molecule has 0 fully saturated rings. The molecule has 0 heterocycles. The van der Waals surface area contributed by atoms with Gasteiger partial charge in [0.05, 0.1) is 20.6 Å². The quantitative estimate of drug-likeness (QED) is 0.516. The van der Waals surface area contributed by atoms with E-state index in [1.165, 1.54) is 20.3 Å². The molecule has 0 N–H and O–H groups in total. The molecular formula is C11H18O4. The Morgan fingerprint density at radius 3 is 2.27 bits per heavy atom. The molecule has 0 rings (SSSR count). The highest BCUT2D eigenvalue weighted by Gasteiger charge is 2.20. The van der Waals surface area contributed by atoms with Crippen LogP contribution in [0.4, 0.5) is 0 Å². The molecule has 0 radical (unpaired) electrons. The molecule has 0 saturated carbocycles. The molecular weight excluding hydrogens is 196 g/mol. The van der Waals surface area contributed by atoms with E-state index in [4.69, 9.17) is 0 Å². The van der Waals surface area contributed by atoms with Crippen LogP contribution in [0.1, 0.15) is 26.7 Å². The van der Waals surface area contributed by atoms with Crippen molar-refractivity contribution < 1.29 is 19.1 Å². The summed E-state index contributed by atoms with van der Waals surface area (Å²) in [5.74, 6) is -0.629. The van der Waals surface area contributed by atoms with E-state index in [9.17, 15) is 9.59 Å². The molecule has 4 nitrogen and oxygen atoms in total. The van der Waals surface area contributed by atoms with Crippen molar-refractivity contribution in [1.29, 1.82) is 0 Å². The summed E-state index contributed by atoms with van der Waals surface area (Å²) in [5.41, 5.74) is -0.211. The first-order chi connectivity index (χ1) is 6.91. The van der Waals surface area contributed by atoms with Gasteiger partial charge in [0.1, 0.15) is 0 Å². The van der Waals surface area contributed by atoms with E-state index in [1.807, 2.05) is 13.8 Å². The monoisotopic (exact) mass is 214 g/mol. The molecule has 0 unspecified atom stereocenters. The van der Waals surface area contributed by atoms with Crippen LogP contribution in [0, 0.1) is 5.41 Å². The van der Waals surface area contributed by atoms with E-state index < -0.39 is 0 Å². The maximum absolute atomic E-state index is 11.0. The van der Waals surface area contributed by atoms with E-state index in [-0.39, 0.29) is 17.4 Å². The second kappa shape index (κ2) is 6.22. The molecule has 0 saturated heterocycles. The smallest absolute Gasteiger partial charge is 0.330 e. The predicted octanol–water partition coefficient (Wildman–Crippen LogP) is 1.70. The third-order valence-electron chi connectivity index (χ3n) is 1.98. The second-order valence-electron chi connectivity index (χ2n) is 4.05. The minimum Gasteiger partial charge on any atom is -0.469 e. The third kappa shape index (κ3) is 6.71. The van der Waals surface area contributed by atoms with Gasteiger partial charge < -0.3 is 9.47 Å². The zero-order valence-corrected chi connectivity index (χ0v) is 9.70. The van der Waals surface area contributed by atoms with E-state index in [0.29, 0.717) is 12.8 Å². The molecule has 15 heavy (non-hydrogen) atoms. The lowest BCUT2D eigenvalue weighted by Crippen LogP contribution is -2.17. The first kappa shape index (κ1) is 13.7. The second-order valence-corrected chi connectivity index (χ2v) is 4.05. The lowest BCUT2D eigenvalue weighted by Gasteiger charge is -2.20. The molecule has 0 aliphatic rings. The van der Waals surface area contributed by atoms with Crippen LogP contribution in [0.25, 0.3) is 0 Å². The normalized spacial score (nSPS) is 11.5. The Labute approximate surface area is 90.2 Å². The maximum atomic E-state index is 11.0. The molecule has 4 heteroatoms. The van der Waals surface area contributed by atoms with Gasteiger partial charge in [0.15, 0.2) is 0 Å². The van der Waals surface area contributed by atoms with Crippen molar-refractivity contribution in [2.24, 2.45) is 5.41 Å². The molecule has 0 amide bonds. The van der Waals surface area contributed by atoms with Gasteiger partial charge in [-0.05, 0) is 11.8 Å². The Kier molecular flexibility index (Phi) is 5.67. The molecule has 86 valence electrons. The Bertz CT molecular complexity index is 253. The highest BCUT2D eigenvalue weighted by atomic mass is 16.5. The number of methoxy groups -OCH3 is 2. The lowest BCUT2D eigenvalue weighted by atomic mass is 9.85. The summed E-state index contributed by atoms with van der Waals surface area (Å²) in [6.07, 6.45) is 4.01. The van der Waals surface area contributed by atoms with Gasteiger partial charge in [-0.1, -0.05) is 19.9 Å². The van der Waals surface area contributed by atoms with Crippen molar-refractivity contribution in [2.45, 2.75) is 26.7 Å². The summed E-state index contributed by atoms with van der Waals surface area (Å²) in [6.45, 7) is 3.87. The van der Waals surface area contributed by atoms with Gasteiger partial charge in [-0.3, -0.25) is 4.79 Å². The highest BCUT2D eigenvalue weighted by Crippen LogP contribution is 2.25. The standard InChI is InChI=1S/C11H18O4/c1-11(2,8-10(13)15-4)7-5-6-9(12)14-3/h5-6H,7-8H2,1-4H3/b6-5-. The fourth-order valence-electron chi connectivity index (χ4n) is 1.08. The van der Waals surface area contributed by atoms with Gasteiger partial charge in [0.25, 0.3) is 0 Å². The van der Waals surface area contributed by atoms with Crippen LogP contribution in [-0.2, 0) is 19.1 Å². The Balaban J connectivity index is 4.09. The Morgan fingerprint density at radius 2 is 1.80 bits per heavy atom. The number of esters is 2. The van der Waals surface area contributed by atoms with E-state index in [2.05, 4.69) is 9.47 Å². The van der Waals surface area contributed by atoms with E-state index in [0.717, 1.165) is 0 Å². The van der Waals surface area contributed by atoms with Crippen molar-refractivity contribution in [2.75, 3.05) is 14.2 Å². The summed E-state index contributed by atoms with van der Waals surface area (Å²) >= 11 is 0. The van der Waals surface area contributed by atoms with Gasteiger partial charge in [0.2, 0.25) is 0 Å². The van der Waals surface area contributed by atoms with E-state index in [1.54, 1.807) is 6.08 Å². The summed E-state index contributed by atoms with van der Waals surface area (Å²) in [7, 11) is 2.69. The summed E-state index contributed by atoms with van der Waals surface area (Å²) < 4.78 is 9.03. The fourth-order valence-corrected chi connectivity index (χ4v) is 1.08. The van der Waals surface area contributed by atoms with Gasteiger partial charge in [-0.15, -0.1) is 0 Å². The number of hydrogen-bond donors (Lipinski definition) is 0. The Morgan fingerprint density at radius 1 is 1.20 bits per heavy atom. The van der Waals surface area contributed by atoms with Crippen LogP contribution < -0.4 is 0 Å². The molecule has 0 aliphatic carbocycles. The first-order valence-corrected chi connectivity index (χ1v) is 4.72. The van der Waals surface area contributed by atoms with Gasteiger partial charge >= 0.3 is 11.9 Å². The Hall–Kier alpha value is -1.32. The molecule has 0 spiro atoms. The molecule has 0 aromatic heterocycles.